The fourth-order valence-corrected chi connectivity index (χ4v) is 3.22. The van der Waals surface area contributed by atoms with Gasteiger partial charge in [-0.1, -0.05) is 0 Å². The number of rotatable bonds is 4. The quantitative estimate of drug-likeness (QED) is 0.887. The van der Waals surface area contributed by atoms with E-state index in [1.807, 2.05) is 17.8 Å². The summed E-state index contributed by atoms with van der Waals surface area (Å²) in [5.41, 5.74) is 1.01. The summed E-state index contributed by atoms with van der Waals surface area (Å²) in [6.45, 7) is 1.50. The molecular weight excluding hydrogens is 280 g/mol. The van der Waals surface area contributed by atoms with Crippen LogP contribution in [0.3, 0.4) is 0 Å². The molecule has 116 valence electrons. The molecule has 1 aliphatic heterocycles. The highest BCUT2D eigenvalue weighted by molar-refractivity contribution is 5.87. The second-order valence-corrected chi connectivity index (χ2v) is 5.50. The number of likely N-dealkylation sites (N-methyl/N-ethyl adjacent to an activating group) is 1. The van der Waals surface area contributed by atoms with Crippen molar-refractivity contribution in [3.05, 3.63) is 42.2 Å². The van der Waals surface area contributed by atoms with E-state index in [1.54, 1.807) is 31.8 Å². The predicted octanol–water partition coefficient (Wildman–Crippen LogP) is 0.447. The van der Waals surface area contributed by atoms with Crippen LogP contribution in [-0.4, -0.2) is 44.1 Å². The van der Waals surface area contributed by atoms with Crippen LogP contribution in [-0.2, 0) is 23.9 Å². The molecule has 1 atom stereocenters. The van der Waals surface area contributed by atoms with Gasteiger partial charge in [0.1, 0.15) is 5.54 Å². The molecule has 3 heterocycles. The number of nitrogens with one attached hydrogen (secondary N) is 1. The van der Waals surface area contributed by atoms with Crippen LogP contribution in [0.15, 0.2) is 30.9 Å². The van der Waals surface area contributed by atoms with E-state index in [0.29, 0.717) is 12.2 Å². The number of amides is 1. The topological polar surface area (TPSA) is 75.9 Å². The van der Waals surface area contributed by atoms with Gasteiger partial charge in [-0.3, -0.25) is 24.3 Å². The lowest BCUT2D eigenvalue weighted by Crippen LogP contribution is -2.52. The Morgan fingerprint density at radius 1 is 1.41 bits per heavy atom. The predicted molar refractivity (Wildman–Crippen MR) is 80.6 cm³/mol. The zero-order valence-corrected chi connectivity index (χ0v) is 12.9. The summed E-state index contributed by atoms with van der Waals surface area (Å²) in [6, 6.07) is 1.98. The van der Waals surface area contributed by atoms with Crippen molar-refractivity contribution in [1.82, 2.24) is 30.0 Å². The van der Waals surface area contributed by atoms with Crippen LogP contribution in [0.1, 0.15) is 24.2 Å². The summed E-state index contributed by atoms with van der Waals surface area (Å²) in [4.78, 5) is 23.5. The summed E-state index contributed by atoms with van der Waals surface area (Å²) in [5, 5.41) is 7.01. The van der Waals surface area contributed by atoms with Crippen LogP contribution in [0.4, 0.5) is 0 Å². The summed E-state index contributed by atoms with van der Waals surface area (Å²) in [6.07, 6.45) is 8.42. The van der Waals surface area contributed by atoms with Crippen LogP contribution in [0.2, 0.25) is 0 Å². The molecule has 0 bridgehead atoms. The van der Waals surface area contributed by atoms with E-state index in [9.17, 15) is 4.79 Å². The molecule has 0 spiro atoms. The molecule has 1 aliphatic rings. The van der Waals surface area contributed by atoms with Gasteiger partial charge in [0.2, 0.25) is 5.91 Å². The molecule has 0 saturated carbocycles. The summed E-state index contributed by atoms with van der Waals surface area (Å²) < 4.78 is 1.84. The molecule has 22 heavy (non-hydrogen) atoms. The Morgan fingerprint density at radius 3 is 2.91 bits per heavy atom. The number of aromatic nitrogens is 4. The number of hydrogen-bond acceptors (Lipinski definition) is 5. The average molecular weight is 300 g/mol. The Labute approximate surface area is 129 Å². The van der Waals surface area contributed by atoms with E-state index in [0.717, 1.165) is 25.1 Å². The van der Waals surface area contributed by atoms with Crippen molar-refractivity contribution in [3.63, 3.8) is 0 Å². The SMILES string of the molecule is CNC(=O)[C@]1(c2cnccn2)CCCN1Cc1ccnn1C. The van der Waals surface area contributed by atoms with Gasteiger partial charge in [0.05, 0.1) is 17.6 Å². The largest absolute Gasteiger partial charge is 0.357 e. The highest BCUT2D eigenvalue weighted by Gasteiger charge is 2.49. The smallest absolute Gasteiger partial charge is 0.246 e. The van der Waals surface area contributed by atoms with Gasteiger partial charge < -0.3 is 5.32 Å². The number of carbonyl (C=O) groups is 1. The van der Waals surface area contributed by atoms with Crippen molar-refractivity contribution in [2.45, 2.75) is 24.9 Å². The van der Waals surface area contributed by atoms with E-state index in [4.69, 9.17) is 0 Å². The minimum atomic E-state index is -0.757. The minimum absolute atomic E-state index is 0.0346. The van der Waals surface area contributed by atoms with E-state index in [-0.39, 0.29) is 5.91 Å². The number of nitrogens with zero attached hydrogens (tertiary/aromatic N) is 5. The second-order valence-electron chi connectivity index (χ2n) is 5.50. The highest BCUT2D eigenvalue weighted by atomic mass is 16.2. The van der Waals surface area contributed by atoms with Crippen molar-refractivity contribution < 1.29 is 4.79 Å². The maximum absolute atomic E-state index is 12.7. The summed E-state index contributed by atoms with van der Waals surface area (Å²) in [7, 11) is 3.58. The van der Waals surface area contributed by atoms with Crippen molar-refractivity contribution >= 4 is 5.91 Å². The summed E-state index contributed by atoms with van der Waals surface area (Å²) in [5.74, 6) is -0.0346. The molecule has 1 N–H and O–H groups in total. The Kier molecular flexibility index (Phi) is 3.89. The molecule has 3 rings (SSSR count). The van der Waals surface area contributed by atoms with E-state index >= 15 is 0 Å². The standard InChI is InChI=1S/C15H20N6O/c1-16-14(22)15(13-10-17-7-8-18-13)5-3-9-21(15)11-12-4-6-19-20(12)2/h4,6-8,10H,3,5,9,11H2,1-2H3,(H,16,22)/t15-/m1/s1. The first-order chi connectivity index (χ1) is 10.7. The first-order valence-electron chi connectivity index (χ1n) is 7.39. The van der Waals surface area contributed by atoms with Crippen molar-refractivity contribution in [2.75, 3.05) is 13.6 Å². The van der Waals surface area contributed by atoms with Crippen LogP contribution in [0, 0.1) is 0 Å². The lowest BCUT2D eigenvalue weighted by Gasteiger charge is -2.36. The summed E-state index contributed by atoms with van der Waals surface area (Å²) >= 11 is 0. The Balaban J connectivity index is 2.01. The molecule has 1 fully saturated rings. The first-order valence-corrected chi connectivity index (χ1v) is 7.39. The lowest BCUT2D eigenvalue weighted by atomic mass is 9.90. The molecule has 2 aromatic rings. The van der Waals surface area contributed by atoms with E-state index in [2.05, 4.69) is 25.3 Å². The van der Waals surface area contributed by atoms with Crippen molar-refractivity contribution in [3.8, 4) is 0 Å². The van der Waals surface area contributed by atoms with Gasteiger partial charge in [-0.05, 0) is 18.9 Å². The van der Waals surface area contributed by atoms with Gasteiger partial charge >= 0.3 is 0 Å². The maximum Gasteiger partial charge on any atom is 0.246 e. The fraction of sp³-hybridized carbons (Fsp3) is 0.467. The molecule has 7 nitrogen and oxygen atoms in total. The molecule has 0 aliphatic carbocycles. The third kappa shape index (κ3) is 2.27. The number of likely N-dealkylation sites (tertiary alicyclic amines) is 1. The van der Waals surface area contributed by atoms with Crippen LogP contribution in [0.5, 0.6) is 0 Å². The molecule has 0 aromatic carbocycles. The fourth-order valence-electron chi connectivity index (χ4n) is 3.22. The van der Waals surface area contributed by atoms with Crippen LogP contribution in [0.25, 0.3) is 0 Å². The molecule has 2 aromatic heterocycles. The Bertz CT molecular complexity index is 655. The van der Waals surface area contributed by atoms with Gasteiger partial charge in [0.15, 0.2) is 0 Å². The number of hydrogen-bond donors (Lipinski definition) is 1. The Hall–Kier alpha value is -2.28. The normalized spacial score (nSPS) is 21.9. The lowest BCUT2D eigenvalue weighted by molar-refractivity contribution is -0.132. The molecule has 1 amide bonds. The van der Waals surface area contributed by atoms with Gasteiger partial charge in [-0.25, -0.2) is 0 Å². The first kappa shape index (κ1) is 14.6. The van der Waals surface area contributed by atoms with E-state index < -0.39 is 5.54 Å². The number of carbonyl (C=O) groups excluding carboxylic acids is 1. The average Bonchev–Trinajstić information content (AvgIpc) is 3.15. The van der Waals surface area contributed by atoms with Gasteiger partial charge in [0, 0.05) is 45.8 Å². The zero-order valence-electron chi connectivity index (χ0n) is 12.9. The van der Waals surface area contributed by atoms with Gasteiger partial charge in [-0.2, -0.15) is 5.10 Å². The van der Waals surface area contributed by atoms with E-state index in [1.165, 1.54) is 0 Å². The van der Waals surface area contributed by atoms with Crippen molar-refractivity contribution in [1.29, 1.82) is 0 Å². The molecule has 7 heteroatoms. The number of aryl methyl sites for hydroxylation is 1. The molecule has 0 radical (unpaired) electrons. The van der Waals surface area contributed by atoms with Crippen molar-refractivity contribution in [2.24, 2.45) is 7.05 Å². The molecule has 0 unspecified atom stereocenters. The maximum atomic E-state index is 12.7. The minimum Gasteiger partial charge on any atom is -0.357 e. The molecule has 1 saturated heterocycles. The zero-order chi connectivity index (χ0) is 15.6. The molecular formula is C15H20N6O. The second kappa shape index (κ2) is 5.84. The van der Waals surface area contributed by atoms with Gasteiger partial charge in [0.25, 0.3) is 0 Å². The Morgan fingerprint density at radius 2 is 2.27 bits per heavy atom. The van der Waals surface area contributed by atoms with Crippen LogP contribution < -0.4 is 5.32 Å². The third-order valence-corrected chi connectivity index (χ3v) is 4.37. The monoisotopic (exact) mass is 300 g/mol. The van der Waals surface area contributed by atoms with Gasteiger partial charge in [-0.15, -0.1) is 0 Å². The highest BCUT2D eigenvalue weighted by Crippen LogP contribution is 2.38. The van der Waals surface area contributed by atoms with Crippen LogP contribution >= 0.6 is 0 Å². The third-order valence-electron chi connectivity index (χ3n) is 4.37.